The molecule has 1 amide bonds. The summed E-state index contributed by atoms with van der Waals surface area (Å²) in [6.07, 6.45) is 7.37. The summed E-state index contributed by atoms with van der Waals surface area (Å²) in [5.74, 6) is 3.17. The molecule has 3 aliphatic rings. The summed E-state index contributed by atoms with van der Waals surface area (Å²) in [5, 5.41) is 8.03. The van der Waals surface area contributed by atoms with Crippen LogP contribution in [-0.2, 0) is 17.6 Å². The Hall–Kier alpha value is -2.15. The number of anilines is 1. The summed E-state index contributed by atoms with van der Waals surface area (Å²) < 4.78 is 1.97. The van der Waals surface area contributed by atoms with E-state index in [1.807, 2.05) is 16.8 Å². The molecule has 2 fully saturated rings. The van der Waals surface area contributed by atoms with E-state index >= 15 is 0 Å². The number of hydrogen-bond donors (Lipinski definition) is 1. The molecule has 0 bridgehead atoms. The normalized spacial score (nSPS) is 21.0. The number of nitrogens with one attached hydrogen (secondary N) is 1. The van der Waals surface area contributed by atoms with Crippen molar-refractivity contribution in [3.63, 3.8) is 0 Å². The predicted molar refractivity (Wildman–Crippen MR) is 118 cm³/mol. The van der Waals surface area contributed by atoms with Crippen molar-refractivity contribution in [2.24, 2.45) is 17.8 Å². The van der Waals surface area contributed by atoms with Crippen molar-refractivity contribution >= 4 is 17.4 Å². The quantitative estimate of drug-likeness (QED) is 0.837. The average molecular weight is 411 g/mol. The lowest BCUT2D eigenvalue weighted by molar-refractivity contribution is -0.137. The van der Waals surface area contributed by atoms with Crippen LogP contribution in [0.4, 0.5) is 5.82 Å². The molecular weight excluding hydrogens is 376 g/mol. The smallest absolute Gasteiger partial charge is 0.229 e. The Labute approximate surface area is 178 Å². The summed E-state index contributed by atoms with van der Waals surface area (Å²) in [7, 11) is 0. The first kappa shape index (κ1) is 19.8. The Bertz CT molecular complexity index is 908. The first-order chi connectivity index (χ1) is 14.6. The van der Waals surface area contributed by atoms with Gasteiger partial charge in [-0.3, -0.25) is 4.79 Å². The third kappa shape index (κ3) is 3.68. The molecule has 2 saturated heterocycles. The molecule has 162 valence electrons. The molecule has 5 rings (SSSR count). The summed E-state index contributed by atoms with van der Waals surface area (Å²) in [6.45, 7) is 10.00. The molecule has 2 aromatic rings. The van der Waals surface area contributed by atoms with Gasteiger partial charge in [-0.1, -0.05) is 13.8 Å². The first-order valence-electron chi connectivity index (χ1n) is 11.7. The maximum Gasteiger partial charge on any atom is 0.229 e. The van der Waals surface area contributed by atoms with Crippen LogP contribution < -0.4 is 10.2 Å². The second-order valence-electron chi connectivity index (χ2n) is 9.71. The number of fused-ring (bicyclic) bond motifs is 2. The van der Waals surface area contributed by atoms with Gasteiger partial charge < -0.3 is 15.1 Å². The Balaban J connectivity index is 1.27. The zero-order valence-electron chi connectivity index (χ0n) is 18.3. The molecule has 0 saturated carbocycles. The minimum atomic E-state index is 0.116. The lowest BCUT2D eigenvalue weighted by Gasteiger charge is -2.44. The monoisotopic (exact) mass is 410 g/mol. The lowest BCUT2D eigenvalue weighted by atomic mass is 9.87. The van der Waals surface area contributed by atoms with Gasteiger partial charge in [0.1, 0.15) is 5.82 Å². The van der Waals surface area contributed by atoms with E-state index in [9.17, 15) is 4.79 Å². The fourth-order valence-electron chi connectivity index (χ4n) is 5.46. The van der Waals surface area contributed by atoms with Gasteiger partial charge in [0.15, 0.2) is 5.65 Å². The molecule has 0 spiro atoms. The van der Waals surface area contributed by atoms with Crippen LogP contribution in [0.2, 0.25) is 0 Å². The lowest BCUT2D eigenvalue weighted by Crippen LogP contribution is -2.56. The molecule has 0 unspecified atom stereocenters. The molecule has 3 aliphatic heterocycles. The zero-order valence-corrected chi connectivity index (χ0v) is 18.3. The highest BCUT2D eigenvalue weighted by Gasteiger charge is 2.39. The fourth-order valence-corrected chi connectivity index (χ4v) is 5.46. The van der Waals surface area contributed by atoms with Crippen molar-refractivity contribution in [1.29, 1.82) is 0 Å². The minimum absolute atomic E-state index is 0.116. The molecule has 0 aromatic carbocycles. The van der Waals surface area contributed by atoms with Crippen molar-refractivity contribution in [2.45, 2.75) is 46.0 Å². The zero-order chi connectivity index (χ0) is 20.7. The van der Waals surface area contributed by atoms with E-state index in [-0.39, 0.29) is 5.92 Å². The van der Waals surface area contributed by atoms with Crippen LogP contribution in [-0.4, -0.2) is 64.7 Å². The van der Waals surface area contributed by atoms with Crippen LogP contribution in [0.3, 0.4) is 0 Å². The highest BCUT2D eigenvalue weighted by atomic mass is 16.2. The molecule has 7 heteroatoms. The molecule has 1 N–H and O–H groups in total. The van der Waals surface area contributed by atoms with Gasteiger partial charge in [-0.15, -0.1) is 0 Å². The average Bonchev–Trinajstić information content (AvgIpc) is 3.03. The number of hydrogen-bond acceptors (Lipinski definition) is 5. The van der Waals surface area contributed by atoms with Crippen LogP contribution in [0.25, 0.3) is 5.65 Å². The Morgan fingerprint density at radius 1 is 1.20 bits per heavy atom. The van der Waals surface area contributed by atoms with Gasteiger partial charge in [0, 0.05) is 50.8 Å². The standard InChI is InChI=1S/C23H34N6O/c1-16(2)13-17-6-11-27(12-7-17)23(30)18-14-28(15-18)22-19-3-8-24-9-4-20(19)26-21-5-10-25-29(21)22/h5,10,16-18,24H,3-4,6-9,11-15H2,1-2H3. The number of likely N-dealkylation sites (tertiary alicyclic amines) is 1. The Kier molecular flexibility index (Phi) is 5.39. The summed E-state index contributed by atoms with van der Waals surface area (Å²) >= 11 is 0. The van der Waals surface area contributed by atoms with E-state index in [2.05, 4.69) is 34.1 Å². The van der Waals surface area contributed by atoms with Gasteiger partial charge in [0.25, 0.3) is 0 Å². The Morgan fingerprint density at radius 3 is 2.73 bits per heavy atom. The van der Waals surface area contributed by atoms with Crippen molar-refractivity contribution in [3.8, 4) is 0 Å². The van der Waals surface area contributed by atoms with Gasteiger partial charge in [0.05, 0.1) is 17.8 Å². The van der Waals surface area contributed by atoms with Gasteiger partial charge in [-0.25, -0.2) is 4.98 Å². The molecule has 7 nitrogen and oxygen atoms in total. The highest BCUT2D eigenvalue weighted by molar-refractivity contribution is 5.82. The van der Waals surface area contributed by atoms with Crippen LogP contribution in [0.5, 0.6) is 0 Å². The summed E-state index contributed by atoms with van der Waals surface area (Å²) in [5.41, 5.74) is 3.40. The first-order valence-corrected chi connectivity index (χ1v) is 11.7. The molecule has 0 atom stereocenters. The van der Waals surface area contributed by atoms with Crippen molar-refractivity contribution in [1.82, 2.24) is 24.8 Å². The van der Waals surface area contributed by atoms with E-state index < -0.39 is 0 Å². The molecule has 2 aromatic heterocycles. The second-order valence-corrected chi connectivity index (χ2v) is 9.71. The maximum absolute atomic E-state index is 13.1. The van der Waals surface area contributed by atoms with Gasteiger partial charge >= 0.3 is 0 Å². The van der Waals surface area contributed by atoms with Crippen molar-refractivity contribution in [3.05, 3.63) is 23.5 Å². The number of nitrogens with zero attached hydrogens (tertiary/aromatic N) is 5. The summed E-state index contributed by atoms with van der Waals surface area (Å²) in [6, 6.07) is 1.98. The topological polar surface area (TPSA) is 65.8 Å². The van der Waals surface area contributed by atoms with E-state index in [4.69, 9.17) is 4.98 Å². The van der Waals surface area contributed by atoms with Crippen molar-refractivity contribution < 1.29 is 4.79 Å². The highest BCUT2D eigenvalue weighted by Crippen LogP contribution is 2.33. The number of carbonyl (C=O) groups is 1. The minimum Gasteiger partial charge on any atom is -0.354 e. The molecule has 30 heavy (non-hydrogen) atoms. The van der Waals surface area contributed by atoms with E-state index in [0.717, 1.165) is 75.4 Å². The third-order valence-corrected chi connectivity index (χ3v) is 7.04. The van der Waals surface area contributed by atoms with E-state index in [0.29, 0.717) is 5.91 Å². The largest absolute Gasteiger partial charge is 0.354 e. The molecule has 5 heterocycles. The van der Waals surface area contributed by atoms with Gasteiger partial charge in [-0.05, 0) is 44.1 Å². The Morgan fingerprint density at radius 2 is 1.97 bits per heavy atom. The van der Waals surface area contributed by atoms with Crippen LogP contribution >= 0.6 is 0 Å². The fraction of sp³-hybridized carbons (Fsp3) is 0.696. The van der Waals surface area contributed by atoms with E-state index in [1.54, 1.807) is 0 Å². The number of amides is 1. The number of rotatable bonds is 4. The molecule has 0 aliphatic carbocycles. The molecular formula is C23H34N6O. The second kappa shape index (κ2) is 8.17. The van der Waals surface area contributed by atoms with Crippen molar-refractivity contribution in [2.75, 3.05) is 44.2 Å². The van der Waals surface area contributed by atoms with E-state index in [1.165, 1.54) is 30.5 Å². The number of piperidine rings is 1. The SMILES string of the molecule is CC(C)CC1CCN(C(=O)C2CN(c3c4c(nc5ccnn35)CCNCC4)C2)CC1. The number of carbonyl (C=O) groups excluding carboxylic acids is 1. The van der Waals surface area contributed by atoms with Crippen LogP contribution in [0.1, 0.15) is 44.4 Å². The predicted octanol–water partition coefficient (Wildman–Crippen LogP) is 2.14. The van der Waals surface area contributed by atoms with Gasteiger partial charge in [-0.2, -0.15) is 9.61 Å². The molecule has 0 radical (unpaired) electrons. The van der Waals surface area contributed by atoms with Crippen LogP contribution in [0, 0.1) is 17.8 Å². The third-order valence-electron chi connectivity index (χ3n) is 7.04. The van der Waals surface area contributed by atoms with Crippen LogP contribution in [0.15, 0.2) is 12.3 Å². The number of aromatic nitrogens is 3. The maximum atomic E-state index is 13.1. The summed E-state index contributed by atoms with van der Waals surface area (Å²) in [4.78, 5) is 22.4. The van der Waals surface area contributed by atoms with Gasteiger partial charge in [0.2, 0.25) is 5.91 Å².